The number of anilines is 1. The van der Waals surface area contributed by atoms with Gasteiger partial charge in [0.25, 0.3) is 0 Å². The fraction of sp³-hybridized carbons (Fsp3) is 0.263. The van der Waals surface area contributed by atoms with Gasteiger partial charge in [-0.3, -0.25) is 4.79 Å². The number of halogens is 1. The van der Waals surface area contributed by atoms with E-state index in [0.29, 0.717) is 12.8 Å². The zero-order chi connectivity index (χ0) is 16.9. The van der Waals surface area contributed by atoms with Crippen molar-refractivity contribution < 1.29 is 4.79 Å². The Morgan fingerprint density at radius 3 is 2.60 bits per heavy atom. The number of aromatic nitrogens is 1. The van der Waals surface area contributed by atoms with E-state index in [0.717, 1.165) is 22.6 Å². The van der Waals surface area contributed by atoms with Crippen molar-refractivity contribution in [3.05, 3.63) is 59.1 Å². The van der Waals surface area contributed by atoms with Gasteiger partial charge in [-0.1, -0.05) is 24.3 Å². The van der Waals surface area contributed by atoms with Gasteiger partial charge in [0.2, 0.25) is 5.91 Å². The van der Waals surface area contributed by atoms with E-state index < -0.39 is 0 Å². The lowest BCUT2D eigenvalue weighted by atomic mass is 10.1. The largest absolute Gasteiger partial charge is 0.328 e. The number of nitrogens with zero attached hydrogens (tertiary/aromatic N) is 1. The summed E-state index contributed by atoms with van der Waals surface area (Å²) < 4.78 is 1.21. The lowest BCUT2D eigenvalue weighted by Crippen LogP contribution is -2.19. The summed E-state index contributed by atoms with van der Waals surface area (Å²) in [5, 5.41) is 4.00. The number of rotatable bonds is 6. The molecule has 25 heavy (non-hydrogen) atoms. The van der Waals surface area contributed by atoms with Crippen molar-refractivity contribution in [1.29, 1.82) is 0 Å². The number of carbonyl (C=O) groups is 1. The molecule has 2 aromatic carbocycles. The van der Waals surface area contributed by atoms with Crippen molar-refractivity contribution in [3.63, 3.8) is 0 Å². The van der Waals surface area contributed by atoms with Gasteiger partial charge in [-0.05, 0) is 43.2 Å². The lowest BCUT2D eigenvalue weighted by molar-refractivity contribution is -0.116. The summed E-state index contributed by atoms with van der Waals surface area (Å²) in [5.74, 6) is 0.00576. The molecule has 1 heterocycles. The van der Waals surface area contributed by atoms with Crippen LogP contribution < -0.4 is 11.1 Å². The minimum atomic E-state index is 0. The summed E-state index contributed by atoms with van der Waals surface area (Å²) >= 11 is 1.72. The second-order valence-electron chi connectivity index (χ2n) is 6.01. The summed E-state index contributed by atoms with van der Waals surface area (Å²) in [5.41, 5.74) is 8.72. The van der Waals surface area contributed by atoms with Gasteiger partial charge in [0.05, 0.1) is 15.2 Å². The van der Waals surface area contributed by atoms with E-state index in [1.807, 2.05) is 49.4 Å². The maximum Gasteiger partial charge on any atom is 0.224 e. The normalized spacial score (nSPS) is 11.8. The minimum absolute atomic E-state index is 0. The van der Waals surface area contributed by atoms with Gasteiger partial charge in [0.1, 0.15) is 0 Å². The number of hydrogen-bond donors (Lipinski definition) is 2. The Balaban J connectivity index is 0.00000225. The van der Waals surface area contributed by atoms with Crippen LogP contribution in [0.2, 0.25) is 0 Å². The molecular weight excluding hydrogens is 354 g/mol. The Morgan fingerprint density at radius 2 is 1.92 bits per heavy atom. The molecule has 6 heteroatoms. The van der Waals surface area contributed by atoms with E-state index >= 15 is 0 Å². The molecule has 0 saturated carbocycles. The molecule has 4 nitrogen and oxygen atoms in total. The minimum Gasteiger partial charge on any atom is -0.328 e. The zero-order valence-corrected chi connectivity index (χ0v) is 15.7. The van der Waals surface area contributed by atoms with E-state index in [-0.39, 0.29) is 24.4 Å². The molecule has 1 atom stereocenters. The van der Waals surface area contributed by atoms with Crippen LogP contribution in [0.25, 0.3) is 10.2 Å². The van der Waals surface area contributed by atoms with Crippen molar-refractivity contribution in [1.82, 2.24) is 4.98 Å². The molecule has 0 aliphatic carbocycles. The maximum absolute atomic E-state index is 11.8. The highest BCUT2D eigenvalue weighted by Crippen LogP contribution is 2.24. The summed E-state index contributed by atoms with van der Waals surface area (Å²) in [6, 6.07) is 16.2. The molecule has 0 spiro atoms. The Morgan fingerprint density at radius 1 is 1.20 bits per heavy atom. The molecule has 0 radical (unpaired) electrons. The van der Waals surface area contributed by atoms with Crippen LogP contribution in [0, 0.1) is 0 Å². The molecule has 0 fully saturated rings. The third kappa shape index (κ3) is 5.53. The highest BCUT2D eigenvalue weighted by molar-refractivity contribution is 7.18. The van der Waals surface area contributed by atoms with Crippen molar-refractivity contribution in [2.24, 2.45) is 5.73 Å². The lowest BCUT2D eigenvalue weighted by Gasteiger charge is -2.07. The standard InChI is InChI=1S/C19H21N3OS.ClH/c1-13(20)6-11-18(23)21-15-9-7-14(8-10-15)12-19-22-16-4-2-3-5-17(16)24-19;/h2-5,7-10,13H,6,11-12,20H2,1H3,(H,21,23);1H. The molecule has 0 saturated heterocycles. The van der Waals surface area contributed by atoms with Crippen LogP contribution in [0.15, 0.2) is 48.5 Å². The molecule has 132 valence electrons. The average Bonchev–Trinajstić information content (AvgIpc) is 2.97. The second kappa shape index (κ2) is 8.94. The number of para-hydroxylation sites is 1. The number of nitrogens with one attached hydrogen (secondary N) is 1. The Bertz CT molecular complexity index is 797. The zero-order valence-electron chi connectivity index (χ0n) is 14.1. The van der Waals surface area contributed by atoms with Crippen molar-refractivity contribution >= 4 is 45.6 Å². The molecule has 3 N–H and O–H groups in total. The maximum atomic E-state index is 11.8. The smallest absolute Gasteiger partial charge is 0.224 e. The fourth-order valence-electron chi connectivity index (χ4n) is 2.46. The van der Waals surface area contributed by atoms with E-state index in [2.05, 4.69) is 16.4 Å². The topological polar surface area (TPSA) is 68.0 Å². The van der Waals surface area contributed by atoms with Crippen molar-refractivity contribution in [3.8, 4) is 0 Å². The molecule has 3 rings (SSSR count). The van der Waals surface area contributed by atoms with Gasteiger partial charge < -0.3 is 11.1 Å². The first-order valence-electron chi connectivity index (χ1n) is 8.09. The first-order valence-corrected chi connectivity index (χ1v) is 8.90. The van der Waals surface area contributed by atoms with Crippen LogP contribution in [0.1, 0.15) is 30.3 Å². The second-order valence-corrected chi connectivity index (χ2v) is 7.13. The third-order valence-corrected chi connectivity index (χ3v) is 4.79. The monoisotopic (exact) mass is 375 g/mol. The van der Waals surface area contributed by atoms with E-state index in [9.17, 15) is 4.79 Å². The van der Waals surface area contributed by atoms with Crippen LogP contribution in [0.4, 0.5) is 5.69 Å². The Hall–Kier alpha value is -1.95. The number of thiazole rings is 1. The highest BCUT2D eigenvalue weighted by Gasteiger charge is 2.06. The van der Waals surface area contributed by atoms with E-state index in [1.165, 1.54) is 10.3 Å². The van der Waals surface area contributed by atoms with Gasteiger partial charge in [0, 0.05) is 24.6 Å². The van der Waals surface area contributed by atoms with Gasteiger partial charge in [0.15, 0.2) is 0 Å². The SMILES string of the molecule is CC(N)CCC(=O)Nc1ccc(Cc2nc3ccccc3s2)cc1.Cl. The number of carbonyl (C=O) groups excluding carboxylic acids is 1. The summed E-state index contributed by atoms with van der Waals surface area (Å²) in [6.45, 7) is 1.91. The summed E-state index contributed by atoms with van der Waals surface area (Å²) in [4.78, 5) is 16.5. The number of benzene rings is 2. The average molecular weight is 376 g/mol. The van der Waals surface area contributed by atoms with Crippen molar-refractivity contribution in [2.75, 3.05) is 5.32 Å². The predicted octanol–water partition coefficient (Wildman–Crippen LogP) is 4.37. The van der Waals surface area contributed by atoms with Crippen LogP contribution in [-0.4, -0.2) is 16.9 Å². The molecule has 1 unspecified atom stereocenters. The van der Waals surface area contributed by atoms with Crippen molar-refractivity contribution in [2.45, 2.75) is 32.2 Å². The van der Waals surface area contributed by atoms with Gasteiger partial charge in [-0.25, -0.2) is 4.98 Å². The molecule has 3 aromatic rings. The molecule has 0 bridgehead atoms. The van der Waals surface area contributed by atoms with Crippen LogP contribution >= 0.6 is 23.7 Å². The quantitative estimate of drug-likeness (QED) is 0.672. The highest BCUT2D eigenvalue weighted by atomic mass is 35.5. The molecule has 1 aromatic heterocycles. The summed E-state index contributed by atoms with van der Waals surface area (Å²) in [6.07, 6.45) is 1.95. The van der Waals surface area contributed by atoms with E-state index in [4.69, 9.17) is 5.73 Å². The van der Waals surface area contributed by atoms with Crippen LogP contribution in [0.5, 0.6) is 0 Å². The fourth-order valence-corrected chi connectivity index (χ4v) is 3.46. The van der Waals surface area contributed by atoms with Crippen LogP contribution in [-0.2, 0) is 11.2 Å². The Labute approximate surface area is 157 Å². The van der Waals surface area contributed by atoms with Gasteiger partial charge in [-0.2, -0.15) is 0 Å². The molecule has 1 amide bonds. The number of nitrogens with two attached hydrogens (primary N) is 1. The molecular formula is C19H22ClN3OS. The first kappa shape index (κ1) is 19.4. The summed E-state index contributed by atoms with van der Waals surface area (Å²) in [7, 11) is 0. The number of hydrogen-bond acceptors (Lipinski definition) is 4. The molecule has 0 aliphatic heterocycles. The molecule has 0 aliphatic rings. The van der Waals surface area contributed by atoms with E-state index in [1.54, 1.807) is 11.3 Å². The predicted molar refractivity (Wildman–Crippen MR) is 108 cm³/mol. The van der Waals surface area contributed by atoms with Gasteiger partial charge in [-0.15, -0.1) is 23.7 Å². The number of fused-ring (bicyclic) bond motifs is 1. The number of amides is 1. The van der Waals surface area contributed by atoms with Gasteiger partial charge >= 0.3 is 0 Å². The Kier molecular flexibility index (Phi) is 6.93. The first-order chi connectivity index (χ1) is 11.6. The van der Waals surface area contributed by atoms with Crippen LogP contribution in [0.3, 0.4) is 0 Å². The third-order valence-electron chi connectivity index (χ3n) is 3.76.